The molecule has 0 aliphatic heterocycles. The second-order valence-corrected chi connectivity index (χ2v) is 4.53. The summed E-state index contributed by atoms with van der Waals surface area (Å²) < 4.78 is 0. The fourth-order valence-electron chi connectivity index (χ4n) is 2.03. The molecule has 0 atom stereocenters. The normalized spacial score (nSPS) is 11.4. The number of aromatic amines is 1. The molecule has 1 heterocycles. The van der Waals surface area contributed by atoms with E-state index in [2.05, 4.69) is 18.0 Å². The van der Waals surface area contributed by atoms with E-state index in [9.17, 15) is 4.79 Å². The third kappa shape index (κ3) is 3.10. The molecule has 0 fully saturated rings. The average Bonchev–Trinajstić information content (AvgIpc) is 2.39. The van der Waals surface area contributed by atoms with Crippen LogP contribution in [0.15, 0.2) is 41.2 Å². The van der Waals surface area contributed by atoms with E-state index in [1.54, 1.807) is 6.07 Å². The maximum atomic E-state index is 11.9. The molecule has 0 radical (unpaired) electrons. The van der Waals surface area contributed by atoms with Gasteiger partial charge in [-0.3, -0.25) is 4.79 Å². The summed E-state index contributed by atoms with van der Waals surface area (Å²) in [6.07, 6.45) is 8.92. The lowest BCUT2D eigenvalue weighted by Gasteiger charge is -1.99. The summed E-state index contributed by atoms with van der Waals surface area (Å²) in [5.74, 6) is 0. The Morgan fingerprint density at radius 1 is 1.22 bits per heavy atom. The highest BCUT2D eigenvalue weighted by Crippen LogP contribution is 2.09. The molecule has 18 heavy (non-hydrogen) atoms. The second kappa shape index (κ2) is 6.20. The van der Waals surface area contributed by atoms with Crippen molar-refractivity contribution in [2.75, 3.05) is 0 Å². The van der Waals surface area contributed by atoms with Gasteiger partial charge in [-0.1, -0.05) is 38.0 Å². The van der Waals surface area contributed by atoms with Gasteiger partial charge in [0.2, 0.25) is 0 Å². The summed E-state index contributed by atoms with van der Waals surface area (Å²) in [5, 5.41) is 0.751. The van der Waals surface area contributed by atoms with Crippen LogP contribution in [0.1, 0.15) is 38.3 Å². The summed E-state index contributed by atoms with van der Waals surface area (Å²) in [7, 11) is 0. The minimum Gasteiger partial charge on any atom is -0.355 e. The average molecular weight is 241 g/mol. The third-order valence-corrected chi connectivity index (χ3v) is 3.03. The first-order valence-corrected chi connectivity index (χ1v) is 6.60. The van der Waals surface area contributed by atoms with Crippen molar-refractivity contribution in [2.45, 2.75) is 32.6 Å². The largest absolute Gasteiger partial charge is 0.355 e. The van der Waals surface area contributed by atoms with Crippen molar-refractivity contribution in [3.63, 3.8) is 0 Å². The Morgan fingerprint density at radius 3 is 2.89 bits per heavy atom. The highest BCUT2D eigenvalue weighted by molar-refractivity contribution is 5.79. The van der Waals surface area contributed by atoms with Gasteiger partial charge in [0, 0.05) is 22.7 Å². The molecular formula is C16H19NO. The van der Waals surface area contributed by atoms with Crippen LogP contribution in [0.4, 0.5) is 0 Å². The monoisotopic (exact) mass is 241 g/mol. The molecule has 0 aliphatic carbocycles. The van der Waals surface area contributed by atoms with Crippen LogP contribution < -0.4 is 5.43 Å². The fraction of sp³-hybridized carbons (Fsp3) is 0.312. The van der Waals surface area contributed by atoms with Crippen LogP contribution in [0.2, 0.25) is 0 Å². The zero-order chi connectivity index (χ0) is 12.8. The molecule has 1 N–H and O–H groups in total. The molecule has 0 bridgehead atoms. The number of nitrogens with one attached hydrogen (secondary N) is 1. The summed E-state index contributed by atoms with van der Waals surface area (Å²) in [4.78, 5) is 15.2. The highest BCUT2D eigenvalue weighted by Gasteiger charge is 1.98. The number of hydrogen-bond donors (Lipinski definition) is 1. The van der Waals surface area contributed by atoms with Gasteiger partial charge < -0.3 is 4.98 Å². The quantitative estimate of drug-likeness (QED) is 0.785. The number of benzene rings is 1. The number of allylic oxidation sites excluding steroid dienone is 1. The Hall–Kier alpha value is -1.83. The zero-order valence-electron chi connectivity index (χ0n) is 10.8. The van der Waals surface area contributed by atoms with Gasteiger partial charge in [0.05, 0.1) is 0 Å². The Morgan fingerprint density at radius 2 is 2.06 bits per heavy atom. The van der Waals surface area contributed by atoms with Crippen molar-refractivity contribution in [1.29, 1.82) is 0 Å². The molecule has 0 unspecified atom stereocenters. The number of rotatable bonds is 5. The van der Waals surface area contributed by atoms with Crippen molar-refractivity contribution in [1.82, 2.24) is 4.98 Å². The van der Waals surface area contributed by atoms with E-state index < -0.39 is 0 Å². The minimum atomic E-state index is 0.0811. The van der Waals surface area contributed by atoms with Gasteiger partial charge in [-0.2, -0.15) is 0 Å². The van der Waals surface area contributed by atoms with Gasteiger partial charge in [-0.25, -0.2) is 0 Å². The van der Waals surface area contributed by atoms with E-state index in [0.717, 1.165) is 23.0 Å². The van der Waals surface area contributed by atoms with Gasteiger partial charge in [0.15, 0.2) is 5.43 Å². The maximum absolute atomic E-state index is 11.9. The van der Waals surface area contributed by atoms with Crippen molar-refractivity contribution in [2.24, 2.45) is 0 Å². The highest BCUT2D eigenvalue weighted by atomic mass is 16.1. The molecule has 1 aromatic carbocycles. The van der Waals surface area contributed by atoms with Crippen LogP contribution in [-0.2, 0) is 0 Å². The molecule has 2 heteroatoms. The SMILES string of the molecule is CCCCCC=Cc1cc(=O)c2ccccc2[nH]1. The lowest BCUT2D eigenvalue weighted by Crippen LogP contribution is -2.02. The molecule has 0 saturated carbocycles. The first-order chi connectivity index (χ1) is 8.81. The van der Waals surface area contributed by atoms with Gasteiger partial charge in [-0.15, -0.1) is 0 Å². The predicted molar refractivity (Wildman–Crippen MR) is 77.7 cm³/mol. The van der Waals surface area contributed by atoms with Crippen LogP contribution in [0.25, 0.3) is 17.0 Å². The summed E-state index contributed by atoms with van der Waals surface area (Å²) >= 11 is 0. The number of fused-ring (bicyclic) bond motifs is 1. The third-order valence-electron chi connectivity index (χ3n) is 3.03. The Bertz CT molecular complexity index is 595. The Balaban J connectivity index is 2.17. The zero-order valence-corrected chi connectivity index (χ0v) is 10.8. The lowest BCUT2D eigenvalue weighted by atomic mass is 10.1. The number of hydrogen-bond acceptors (Lipinski definition) is 1. The van der Waals surface area contributed by atoms with Crippen molar-refractivity contribution in [3.8, 4) is 0 Å². The van der Waals surface area contributed by atoms with Crippen LogP contribution in [0.5, 0.6) is 0 Å². The van der Waals surface area contributed by atoms with Gasteiger partial charge in [-0.05, 0) is 31.1 Å². The molecule has 0 saturated heterocycles. The topological polar surface area (TPSA) is 32.9 Å². The van der Waals surface area contributed by atoms with E-state index in [1.807, 2.05) is 30.3 Å². The van der Waals surface area contributed by atoms with Crippen LogP contribution >= 0.6 is 0 Å². The van der Waals surface area contributed by atoms with Gasteiger partial charge in [0.1, 0.15) is 0 Å². The smallest absolute Gasteiger partial charge is 0.189 e. The van der Waals surface area contributed by atoms with Crippen molar-refractivity contribution in [3.05, 3.63) is 52.3 Å². The standard InChI is InChI=1S/C16H19NO/c1-2-3-4-5-6-9-13-12-16(18)14-10-7-8-11-15(14)17-13/h6-12H,2-5H2,1H3,(H,17,18). The molecule has 94 valence electrons. The first-order valence-electron chi connectivity index (χ1n) is 6.60. The number of aromatic nitrogens is 1. The molecular weight excluding hydrogens is 222 g/mol. The number of H-pyrrole nitrogens is 1. The first kappa shape index (κ1) is 12.6. The molecule has 2 rings (SSSR count). The van der Waals surface area contributed by atoms with E-state index >= 15 is 0 Å². The van der Waals surface area contributed by atoms with E-state index in [-0.39, 0.29) is 5.43 Å². The summed E-state index contributed by atoms with van der Waals surface area (Å²) in [5.41, 5.74) is 1.87. The van der Waals surface area contributed by atoms with E-state index in [4.69, 9.17) is 0 Å². The van der Waals surface area contributed by atoms with Gasteiger partial charge in [0.25, 0.3) is 0 Å². The van der Waals surface area contributed by atoms with Crippen LogP contribution in [0, 0.1) is 0 Å². The Kier molecular flexibility index (Phi) is 4.35. The van der Waals surface area contributed by atoms with E-state index in [0.29, 0.717) is 0 Å². The predicted octanol–water partition coefficient (Wildman–Crippen LogP) is 4.12. The van der Waals surface area contributed by atoms with Crippen molar-refractivity contribution < 1.29 is 0 Å². The number of unbranched alkanes of at least 4 members (excludes halogenated alkanes) is 3. The molecule has 0 amide bonds. The maximum Gasteiger partial charge on any atom is 0.189 e. The van der Waals surface area contributed by atoms with Crippen LogP contribution in [0.3, 0.4) is 0 Å². The molecule has 2 aromatic rings. The van der Waals surface area contributed by atoms with Crippen molar-refractivity contribution >= 4 is 17.0 Å². The van der Waals surface area contributed by atoms with Crippen LogP contribution in [-0.4, -0.2) is 4.98 Å². The lowest BCUT2D eigenvalue weighted by molar-refractivity contribution is 0.730. The molecule has 0 spiro atoms. The minimum absolute atomic E-state index is 0.0811. The van der Waals surface area contributed by atoms with E-state index in [1.165, 1.54) is 19.3 Å². The van der Waals surface area contributed by atoms with Gasteiger partial charge >= 0.3 is 0 Å². The molecule has 2 nitrogen and oxygen atoms in total. The molecule has 1 aromatic heterocycles. The molecule has 0 aliphatic rings. The Labute approximate surface area is 107 Å². The fourth-order valence-corrected chi connectivity index (χ4v) is 2.03. The number of para-hydroxylation sites is 1. The number of pyridine rings is 1. The summed E-state index contributed by atoms with van der Waals surface area (Å²) in [6.45, 7) is 2.20. The second-order valence-electron chi connectivity index (χ2n) is 4.53. The summed E-state index contributed by atoms with van der Waals surface area (Å²) in [6, 6.07) is 9.28.